The van der Waals surface area contributed by atoms with E-state index in [2.05, 4.69) is 43.1 Å². The number of fused-ring (bicyclic) bond motifs is 2. The van der Waals surface area contributed by atoms with Crippen molar-refractivity contribution in [2.24, 2.45) is 16.7 Å². The summed E-state index contributed by atoms with van der Waals surface area (Å²) in [5.74, 6) is 1.62. The van der Waals surface area contributed by atoms with E-state index in [4.69, 9.17) is 4.74 Å². The van der Waals surface area contributed by atoms with E-state index in [-0.39, 0.29) is 11.4 Å². The summed E-state index contributed by atoms with van der Waals surface area (Å²) in [6.07, 6.45) is 3.69. The second-order valence-electron chi connectivity index (χ2n) is 9.29. The number of carbonyl (C=O) groups is 1. The van der Waals surface area contributed by atoms with Gasteiger partial charge >= 0.3 is 6.03 Å². The molecule has 2 saturated carbocycles. The number of anilines is 1. The third-order valence-electron chi connectivity index (χ3n) is 8.08. The van der Waals surface area contributed by atoms with E-state index in [1.54, 1.807) is 7.11 Å². The number of nitrogens with one attached hydrogen (secondary N) is 1. The van der Waals surface area contributed by atoms with Gasteiger partial charge in [-0.3, -0.25) is 0 Å². The predicted octanol–water partition coefficient (Wildman–Crippen LogP) is 3.74. The van der Waals surface area contributed by atoms with Crippen molar-refractivity contribution in [2.75, 3.05) is 38.2 Å². The second kappa shape index (κ2) is 6.61. The number of ether oxygens (including phenoxy) is 1. The summed E-state index contributed by atoms with van der Waals surface area (Å²) in [7, 11) is 1.69. The summed E-state index contributed by atoms with van der Waals surface area (Å²) in [6, 6.07) is 8.59. The normalized spacial score (nSPS) is 31.9. The van der Waals surface area contributed by atoms with Gasteiger partial charge in [0.15, 0.2) is 0 Å². The number of hydrogen-bond donors (Lipinski definition) is 1. The van der Waals surface area contributed by atoms with E-state index in [1.807, 2.05) is 17.0 Å². The van der Waals surface area contributed by atoms with Crippen molar-refractivity contribution in [3.63, 3.8) is 0 Å². The van der Waals surface area contributed by atoms with Gasteiger partial charge in [-0.15, -0.1) is 0 Å². The van der Waals surface area contributed by atoms with Crippen molar-refractivity contribution in [1.29, 1.82) is 0 Å². The van der Waals surface area contributed by atoms with Gasteiger partial charge in [0.2, 0.25) is 0 Å². The zero-order chi connectivity index (χ0) is 19.2. The van der Waals surface area contributed by atoms with Gasteiger partial charge in [0.25, 0.3) is 0 Å². The minimum absolute atomic E-state index is 0.120. The molecule has 3 fully saturated rings. The Kier molecular flexibility index (Phi) is 4.52. The highest BCUT2D eigenvalue weighted by atomic mass is 16.5. The molecule has 1 aromatic carbocycles. The Morgan fingerprint density at radius 1 is 1.19 bits per heavy atom. The molecule has 2 amide bonds. The Morgan fingerprint density at radius 2 is 1.93 bits per heavy atom. The standard InChI is InChI=1S/C22H33N3O2/c1-21(2)16-8-9-22(21,3)19(14-16)23-20(26)25-12-10-24(11-13-25)17-6-5-7-18(15-17)27-4/h5-7,15-16,19H,8-14H2,1-4H3,(H,23,26). The average Bonchev–Trinajstić information content (AvgIpc) is 3.01. The monoisotopic (exact) mass is 371 g/mol. The fourth-order valence-corrected chi connectivity index (χ4v) is 5.64. The van der Waals surface area contributed by atoms with Crippen molar-refractivity contribution < 1.29 is 9.53 Å². The van der Waals surface area contributed by atoms with E-state index in [0.29, 0.717) is 11.5 Å². The number of rotatable bonds is 3. The molecule has 5 nitrogen and oxygen atoms in total. The lowest BCUT2D eigenvalue weighted by Gasteiger charge is -2.41. The van der Waals surface area contributed by atoms with Crippen LogP contribution < -0.4 is 15.0 Å². The third-order valence-corrected chi connectivity index (χ3v) is 8.08. The Morgan fingerprint density at radius 3 is 2.52 bits per heavy atom. The topological polar surface area (TPSA) is 44.8 Å². The molecule has 5 heteroatoms. The molecule has 27 heavy (non-hydrogen) atoms. The minimum Gasteiger partial charge on any atom is -0.497 e. The molecule has 0 radical (unpaired) electrons. The van der Waals surface area contributed by atoms with Crippen LogP contribution in [0.1, 0.15) is 40.0 Å². The summed E-state index contributed by atoms with van der Waals surface area (Å²) in [6.45, 7) is 10.4. The first-order valence-corrected chi connectivity index (χ1v) is 10.3. The number of nitrogens with zero attached hydrogens (tertiary/aromatic N) is 2. The van der Waals surface area contributed by atoms with Crippen molar-refractivity contribution in [3.8, 4) is 5.75 Å². The predicted molar refractivity (Wildman–Crippen MR) is 108 cm³/mol. The highest BCUT2D eigenvalue weighted by Crippen LogP contribution is 2.65. The summed E-state index contributed by atoms with van der Waals surface area (Å²) in [4.78, 5) is 17.2. The zero-order valence-corrected chi connectivity index (χ0v) is 17.1. The van der Waals surface area contributed by atoms with Gasteiger partial charge in [0.05, 0.1) is 7.11 Å². The molecule has 1 saturated heterocycles. The third kappa shape index (κ3) is 2.95. The molecule has 148 valence electrons. The van der Waals surface area contributed by atoms with E-state index in [9.17, 15) is 4.79 Å². The maximum atomic E-state index is 12.9. The number of urea groups is 1. The van der Waals surface area contributed by atoms with E-state index >= 15 is 0 Å². The molecule has 1 aromatic rings. The molecular formula is C22H33N3O2. The van der Waals surface area contributed by atoms with Crippen molar-refractivity contribution in [2.45, 2.75) is 46.1 Å². The maximum Gasteiger partial charge on any atom is 0.317 e. The molecule has 4 rings (SSSR count). The second-order valence-corrected chi connectivity index (χ2v) is 9.29. The maximum absolute atomic E-state index is 12.9. The van der Waals surface area contributed by atoms with Crippen LogP contribution in [-0.4, -0.2) is 50.3 Å². The molecule has 2 bridgehead atoms. The Bertz CT molecular complexity index is 711. The molecule has 3 aliphatic rings. The lowest BCUT2D eigenvalue weighted by atomic mass is 9.69. The van der Waals surface area contributed by atoms with Crippen LogP contribution in [0.4, 0.5) is 10.5 Å². The lowest BCUT2D eigenvalue weighted by Crippen LogP contribution is -2.56. The number of amides is 2. The van der Waals surface area contributed by atoms with Crippen LogP contribution in [0.2, 0.25) is 0 Å². The van der Waals surface area contributed by atoms with E-state index < -0.39 is 0 Å². The van der Waals surface area contributed by atoms with Crippen LogP contribution in [0.15, 0.2) is 24.3 Å². The van der Waals surface area contributed by atoms with Crippen LogP contribution in [0, 0.1) is 16.7 Å². The fraction of sp³-hybridized carbons (Fsp3) is 0.682. The highest BCUT2D eigenvalue weighted by Gasteiger charge is 2.61. The van der Waals surface area contributed by atoms with Gasteiger partial charge in [-0.1, -0.05) is 26.8 Å². The van der Waals surface area contributed by atoms with E-state index in [0.717, 1.165) is 50.0 Å². The Balaban J connectivity index is 1.34. The van der Waals surface area contributed by atoms with Crippen LogP contribution in [0.3, 0.4) is 0 Å². The fourth-order valence-electron chi connectivity index (χ4n) is 5.64. The molecule has 0 aromatic heterocycles. The molecule has 1 N–H and O–H groups in total. The summed E-state index contributed by atoms with van der Waals surface area (Å²) >= 11 is 0. The smallest absolute Gasteiger partial charge is 0.317 e. The van der Waals surface area contributed by atoms with Gasteiger partial charge in [-0.2, -0.15) is 0 Å². The lowest BCUT2D eigenvalue weighted by molar-refractivity contribution is 0.117. The van der Waals surface area contributed by atoms with Crippen molar-refractivity contribution >= 4 is 11.7 Å². The molecule has 2 aliphatic carbocycles. The zero-order valence-electron chi connectivity index (χ0n) is 17.1. The highest BCUT2D eigenvalue weighted by molar-refractivity contribution is 5.75. The quantitative estimate of drug-likeness (QED) is 0.880. The van der Waals surface area contributed by atoms with Gasteiger partial charge in [-0.05, 0) is 48.1 Å². The SMILES string of the molecule is COc1cccc(N2CCN(C(=O)NC3CC4CCC3(C)C4(C)C)CC2)c1. The Labute approximate surface area is 163 Å². The number of methoxy groups -OCH3 is 1. The van der Waals surface area contributed by atoms with Crippen LogP contribution in [-0.2, 0) is 0 Å². The number of hydrogen-bond acceptors (Lipinski definition) is 3. The number of benzene rings is 1. The first-order valence-electron chi connectivity index (χ1n) is 10.3. The van der Waals surface area contributed by atoms with E-state index in [1.165, 1.54) is 12.8 Å². The largest absolute Gasteiger partial charge is 0.497 e. The molecule has 1 heterocycles. The average molecular weight is 372 g/mol. The number of carbonyl (C=O) groups excluding carboxylic acids is 1. The molecule has 3 atom stereocenters. The first kappa shape index (κ1) is 18.5. The van der Waals surface area contributed by atoms with Crippen LogP contribution in [0.25, 0.3) is 0 Å². The van der Waals surface area contributed by atoms with Crippen LogP contribution in [0.5, 0.6) is 5.75 Å². The minimum atomic E-state index is 0.120. The van der Waals surface area contributed by atoms with Crippen LogP contribution >= 0.6 is 0 Å². The number of piperazine rings is 1. The van der Waals surface area contributed by atoms with Gasteiger partial charge in [0, 0.05) is 44.0 Å². The first-order chi connectivity index (χ1) is 12.8. The molecular weight excluding hydrogens is 338 g/mol. The Hall–Kier alpha value is -1.91. The summed E-state index contributed by atoms with van der Waals surface area (Å²) in [5.41, 5.74) is 1.72. The van der Waals surface area contributed by atoms with Crippen molar-refractivity contribution in [1.82, 2.24) is 10.2 Å². The summed E-state index contributed by atoms with van der Waals surface area (Å²) in [5, 5.41) is 3.40. The van der Waals surface area contributed by atoms with Gasteiger partial charge in [-0.25, -0.2) is 4.79 Å². The van der Waals surface area contributed by atoms with Crippen molar-refractivity contribution in [3.05, 3.63) is 24.3 Å². The van der Waals surface area contributed by atoms with Gasteiger partial charge < -0.3 is 19.9 Å². The molecule has 0 spiro atoms. The molecule has 1 aliphatic heterocycles. The summed E-state index contributed by atoms with van der Waals surface area (Å²) < 4.78 is 5.33. The molecule has 3 unspecified atom stereocenters. The van der Waals surface area contributed by atoms with Gasteiger partial charge in [0.1, 0.15) is 5.75 Å².